The van der Waals surface area contributed by atoms with Crippen LogP contribution in [-0.2, 0) is 30.3 Å². The van der Waals surface area contributed by atoms with Crippen molar-refractivity contribution in [2.75, 3.05) is 19.7 Å². The Morgan fingerprint density at radius 3 is 2.24 bits per heavy atom. The van der Waals surface area contributed by atoms with E-state index in [2.05, 4.69) is 17.6 Å². The maximum Gasteiger partial charge on any atom is 0.408 e. The highest BCUT2D eigenvalue weighted by Crippen LogP contribution is 2.33. The number of phenols is 1. The number of hydrogen-bond acceptors (Lipinski definition) is 7. The third-order valence-corrected chi connectivity index (χ3v) is 7.36. The van der Waals surface area contributed by atoms with Crippen LogP contribution >= 0.6 is 0 Å². The van der Waals surface area contributed by atoms with Gasteiger partial charge in [0.05, 0.1) is 13.0 Å². The van der Waals surface area contributed by atoms with Crippen molar-refractivity contribution in [3.8, 4) is 5.75 Å². The second-order valence-electron chi connectivity index (χ2n) is 12.4. The topological polar surface area (TPSA) is 134 Å². The Morgan fingerprint density at radius 1 is 0.913 bits per heavy atom. The largest absolute Gasteiger partial charge is 0.507 e. The monoisotopic (exact) mass is 639 g/mol. The van der Waals surface area contributed by atoms with Crippen molar-refractivity contribution in [3.63, 3.8) is 0 Å². The standard InChI is InChI=1S/C36H53N3O7/c1-7-9-10-11-12-16-24-39(34(43)29(25-27-19-14-13-15-20-27)38-35(44)46-36(4,5)6)31(28-21-17-18-26(3)32(28)41)33(42)37-23-22-30(40)45-8-2/h13-15,17-21,29,31,41H,7-12,16,22-25H2,1-6H3,(H,37,42)(H,38,44). The number of alkyl carbamates (subject to hydrolysis) is 1. The van der Waals surface area contributed by atoms with Gasteiger partial charge >= 0.3 is 12.1 Å². The molecule has 2 aromatic rings. The van der Waals surface area contributed by atoms with Crippen molar-refractivity contribution in [2.24, 2.45) is 0 Å². The Kier molecular flexibility index (Phi) is 16.1. The molecule has 0 aromatic heterocycles. The number of ether oxygens (including phenoxy) is 2. The Balaban J connectivity index is 2.55. The maximum atomic E-state index is 14.6. The molecule has 0 saturated heterocycles. The minimum Gasteiger partial charge on any atom is -0.507 e. The Labute approximate surface area is 274 Å². The van der Waals surface area contributed by atoms with E-state index >= 15 is 0 Å². The highest BCUT2D eigenvalue weighted by atomic mass is 16.6. The number of benzene rings is 2. The molecule has 2 unspecified atom stereocenters. The first kappa shape index (κ1) is 38.1. The lowest BCUT2D eigenvalue weighted by atomic mass is 9.97. The van der Waals surface area contributed by atoms with Gasteiger partial charge in [0.25, 0.3) is 0 Å². The molecule has 254 valence electrons. The van der Waals surface area contributed by atoms with Crippen LogP contribution in [0.2, 0.25) is 0 Å². The number of nitrogens with zero attached hydrogens (tertiary/aromatic N) is 1. The lowest BCUT2D eigenvalue weighted by Crippen LogP contribution is -2.54. The third kappa shape index (κ3) is 13.1. The Morgan fingerprint density at radius 2 is 1.59 bits per heavy atom. The fourth-order valence-corrected chi connectivity index (χ4v) is 5.10. The Bertz CT molecular complexity index is 1260. The van der Waals surface area contributed by atoms with Crippen LogP contribution in [0.4, 0.5) is 4.79 Å². The molecule has 0 aliphatic carbocycles. The van der Waals surface area contributed by atoms with E-state index in [-0.39, 0.29) is 43.9 Å². The summed E-state index contributed by atoms with van der Waals surface area (Å²) >= 11 is 0. The number of carbonyl (C=O) groups excluding carboxylic acids is 4. The minimum atomic E-state index is -1.23. The number of aryl methyl sites for hydroxylation is 1. The molecule has 0 heterocycles. The highest BCUT2D eigenvalue weighted by Gasteiger charge is 2.37. The molecule has 0 spiro atoms. The van der Waals surface area contributed by atoms with Gasteiger partial charge in [0, 0.05) is 25.1 Å². The molecule has 0 fully saturated rings. The zero-order valence-corrected chi connectivity index (χ0v) is 28.4. The molecule has 46 heavy (non-hydrogen) atoms. The van der Waals surface area contributed by atoms with Gasteiger partial charge in [-0.3, -0.25) is 14.4 Å². The summed E-state index contributed by atoms with van der Waals surface area (Å²) in [5.41, 5.74) is 0.813. The first-order chi connectivity index (χ1) is 21.9. The normalized spacial score (nSPS) is 12.5. The van der Waals surface area contributed by atoms with E-state index in [1.807, 2.05) is 30.3 Å². The van der Waals surface area contributed by atoms with E-state index in [9.17, 15) is 24.3 Å². The minimum absolute atomic E-state index is 0.0105. The van der Waals surface area contributed by atoms with Crippen LogP contribution in [0.3, 0.4) is 0 Å². The van der Waals surface area contributed by atoms with Crippen molar-refractivity contribution < 1.29 is 33.8 Å². The van der Waals surface area contributed by atoms with E-state index < -0.39 is 41.6 Å². The SMILES string of the molecule is CCCCCCCCN(C(=O)C(Cc1ccccc1)NC(=O)OC(C)(C)C)C(C(=O)NCCC(=O)OCC)c1cccc(C)c1O. The van der Waals surface area contributed by atoms with Gasteiger partial charge < -0.3 is 30.1 Å². The van der Waals surface area contributed by atoms with E-state index in [4.69, 9.17) is 9.47 Å². The van der Waals surface area contributed by atoms with Crippen LogP contribution in [0.15, 0.2) is 48.5 Å². The maximum absolute atomic E-state index is 14.6. The number of rotatable bonds is 18. The van der Waals surface area contributed by atoms with E-state index in [0.717, 1.165) is 37.7 Å². The van der Waals surface area contributed by atoms with Crippen LogP contribution in [0.25, 0.3) is 0 Å². The summed E-state index contributed by atoms with van der Waals surface area (Å²) < 4.78 is 10.5. The van der Waals surface area contributed by atoms with E-state index in [1.54, 1.807) is 52.8 Å². The molecule has 10 heteroatoms. The number of esters is 1. The average molecular weight is 640 g/mol. The van der Waals surface area contributed by atoms with Crippen LogP contribution in [0.5, 0.6) is 5.75 Å². The number of para-hydroxylation sites is 1. The van der Waals surface area contributed by atoms with Crippen LogP contribution in [0.1, 0.15) is 102 Å². The van der Waals surface area contributed by atoms with Crippen LogP contribution in [-0.4, -0.2) is 65.2 Å². The number of nitrogens with one attached hydrogen (secondary N) is 2. The van der Waals surface area contributed by atoms with Crippen molar-refractivity contribution in [2.45, 2.75) is 111 Å². The van der Waals surface area contributed by atoms with Crippen LogP contribution < -0.4 is 10.6 Å². The predicted octanol–water partition coefficient (Wildman–Crippen LogP) is 6.14. The molecule has 0 aliphatic rings. The number of amides is 3. The van der Waals surface area contributed by atoms with Crippen LogP contribution in [0, 0.1) is 6.92 Å². The van der Waals surface area contributed by atoms with Crippen molar-refractivity contribution in [1.82, 2.24) is 15.5 Å². The first-order valence-electron chi connectivity index (χ1n) is 16.4. The second-order valence-corrected chi connectivity index (χ2v) is 12.4. The van der Waals surface area contributed by atoms with E-state index in [1.165, 1.54) is 4.90 Å². The third-order valence-electron chi connectivity index (χ3n) is 7.36. The van der Waals surface area contributed by atoms with Gasteiger partial charge in [-0.2, -0.15) is 0 Å². The van der Waals surface area contributed by atoms with Gasteiger partial charge in [-0.05, 0) is 52.2 Å². The zero-order valence-electron chi connectivity index (χ0n) is 28.4. The lowest BCUT2D eigenvalue weighted by Gasteiger charge is -2.35. The first-order valence-corrected chi connectivity index (χ1v) is 16.4. The fourth-order valence-electron chi connectivity index (χ4n) is 5.10. The van der Waals surface area contributed by atoms with Crippen molar-refractivity contribution >= 4 is 23.9 Å². The number of unbranched alkanes of at least 4 members (excludes halogenated alkanes) is 5. The average Bonchev–Trinajstić information content (AvgIpc) is 2.99. The molecule has 0 aliphatic heterocycles. The number of aromatic hydroxyl groups is 1. The quantitative estimate of drug-likeness (QED) is 0.132. The highest BCUT2D eigenvalue weighted by molar-refractivity contribution is 5.93. The van der Waals surface area contributed by atoms with Gasteiger partial charge in [0.15, 0.2) is 0 Å². The summed E-state index contributed by atoms with van der Waals surface area (Å²) in [6.07, 6.45) is 5.06. The summed E-state index contributed by atoms with van der Waals surface area (Å²) in [6, 6.07) is 12.0. The van der Waals surface area contributed by atoms with Gasteiger partial charge in [0.1, 0.15) is 23.4 Å². The lowest BCUT2D eigenvalue weighted by molar-refractivity contribution is -0.144. The molecule has 0 radical (unpaired) electrons. The smallest absolute Gasteiger partial charge is 0.408 e. The molecule has 3 amide bonds. The Hall–Kier alpha value is -4.08. The molecule has 2 rings (SSSR count). The molecule has 2 aromatic carbocycles. The van der Waals surface area contributed by atoms with Crippen molar-refractivity contribution in [1.29, 1.82) is 0 Å². The van der Waals surface area contributed by atoms with Crippen molar-refractivity contribution in [3.05, 3.63) is 65.2 Å². The van der Waals surface area contributed by atoms with Gasteiger partial charge in [-0.15, -0.1) is 0 Å². The van der Waals surface area contributed by atoms with Gasteiger partial charge in [0.2, 0.25) is 11.8 Å². The van der Waals surface area contributed by atoms with E-state index in [0.29, 0.717) is 12.0 Å². The van der Waals surface area contributed by atoms with Gasteiger partial charge in [-0.1, -0.05) is 87.6 Å². The number of phenolic OH excluding ortho intramolecular Hbond substituents is 1. The summed E-state index contributed by atoms with van der Waals surface area (Å²) in [6.45, 7) is 11.2. The molecule has 0 bridgehead atoms. The number of hydrogen-bond donors (Lipinski definition) is 3. The molecular weight excluding hydrogens is 586 g/mol. The molecule has 0 saturated carbocycles. The molecular formula is C36H53N3O7. The van der Waals surface area contributed by atoms with Gasteiger partial charge in [-0.25, -0.2) is 4.79 Å². The molecule has 10 nitrogen and oxygen atoms in total. The second kappa shape index (κ2) is 19.4. The number of carbonyl (C=O) groups is 4. The summed E-state index contributed by atoms with van der Waals surface area (Å²) in [4.78, 5) is 55.0. The molecule has 2 atom stereocenters. The fraction of sp³-hybridized carbons (Fsp3) is 0.556. The summed E-state index contributed by atoms with van der Waals surface area (Å²) in [5.74, 6) is -1.61. The predicted molar refractivity (Wildman–Crippen MR) is 178 cm³/mol. The molecule has 3 N–H and O–H groups in total. The summed E-state index contributed by atoms with van der Waals surface area (Å²) in [7, 11) is 0. The zero-order chi connectivity index (χ0) is 34.1. The summed E-state index contributed by atoms with van der Waals surface area (Å²) in [5, 5.41) is 16.7.